The Morgan fingerprint density at radius 2 is 2.00 bits per heavy atom. The van der Waals surface area contributed by atoms with Gasteiger partial charge in [-0.15, -0.1) is 11.3 Å². The highest BCUT2D eigenvalue weighted by atomic mass is 32.1. The van der Waals surface area contributed by atoms with Crippen molar-refractivity contribution < 1.29 is 4.74 Å². The summed E-state index contributed by atoms with van der Waals surface area (Å²) in [6, 6.07) is 4.11. The first-order valence-electron chi connectivity index (χ1n) is 7.58. The smallest absolute Gasteiger partial charge is 0.123 e. The van der Waals surface area contributed by atoms with Crippen LogP contribution in [0.2, 0.25) is 0 Å². The van der Waals surface area contributed by atoms with Gasteiger partial charge < -0.3 is 9.64 Å². The van der Waals surface area contributed by atoms with Gasteiger partial charge in [-0.25, -0.2) is 4.98 Å². The zero-order valence-electron chi connectivity index (χ0n) is 14.7. The number of anilines is 1. The molecule has 0 bridgehead atoms. The largest absolute Gasteiger partial charge is 0.496 e. The van der Waals surface area contributed by atoms with Crippen molar-refractivity contribution in [2.45, 2.75) is 27.7 Å². The molecule has 0 aliphatic rings. The molecule has 1 heterocycles. The summed E-state index contributed by atoms with van der Waals surface area (Å²) >= 11 is 1.67. The van der Waals surface area contributed by atoms with E-state index < -0.39 is 0 Å². The molecule has 0 aliphatic heterocycles. The minimum absolute atomic E-state index is 0.825. The van der Waals surface area contributed by atoms with Gasteiger partial charge in [0.25, 0.3) is 0 Å². The minimum Gasteiger partial charge on any atom is -0.496 e. The van der Waals surface area contributed by atoms with Crippen LogP contribution in [0.15, 0.2) is 24.3 Å². The number of rotatable bonds is 4. The zero-order chi connectivity index (χ0) is 17.1. The van der Waals surface area contributed by atoms with Crippen LogP contribution in [0.1, 0.15) is 23.1 Å². The van der Waals surface area contributed by atoms with E-state index in [9.17, 15) is 0 Å². The van der Waals surface area contributed by atoms with E-state index in [0.717, 1.165) is 37.6 Å². The monoisotopic (exact) mass is 328 g/mol. The highest BCUT2D eigenvalue weighted by Crippen LogP contribution is 2.33. The molecular formula is C19H24N2OS. The van der Waals surface area contributed by atoms with Crippen molar-refractivity contribution in [2.75, 3.05) is 19.1 Å². The standard InChI is InChI=1S/C19H24N2OS/c1-8-9-16(19-14(4)20-15(5)23-19)21(6)18-12(2)10-11-17(22-7)13(18)3/h8-11H,4H2,1-3,5-7H3/b9-8-,19-16-. The van der Waals surface area contributed by atoms with Gasteiger partial charge >= 0.3 is 0 Å². The number of likely N-dealkylation sites (N-methyl/N-ethyl adjacent to an activating group) is 1. The number of hydrogen-bond donors (Lipinski definition) is 0. The highest BCUT2D eigenvalue weighted by Gasteiger charge is 2.15. The van der Waals surface area contributed by atoms with Crippen LogP contribution < -0.4 is 19.5 Å². The molecule has 0 amide bonds. The average Bonchev–Trinajstić information content (AvgIpc) is 2.83. The number of thiazole rings is 1. The fourth-order valence-corrected chi connectivity index (χ4v) is 3.77. The number of ether oxygens (including phenoxy) is 1. The molecule has 0 radical (unpaired) electrons. The van der Waals surface area contributed by atoms with Gasteiger partial charge in [0.15, 0.2) is 0 Å². The number of aryl methyl sites for hydroxylation is 2. The lowest BCUT2D eigenvalue weighted by molar-refractivity contribution is 0.411. The predicted octanol–water partition coefficient (Wildman–Crippen LogP) is 3.31. The van der Waals surface area contributed by atoms with Gasteiger partial charge in [0.2, 0.25) is 0 Å². The summed E-state index contributed by atoms with van der Waals surface area (Å²) in [5, 5.41) is 1.85. The number of allylic oxidation sites excluding steroid dienone is 1. The summed E-state index contributed by atoms with van der Waals surface area (Å²) in [5.41, 5.74) is 4.59. The van der Waals surface area contributed by atoms with Crippen molar-refractivity contribution in [1.82, 2.24) is 4.98 Å². The Morgan fingerprint density at radius 3 is 2.52 bits per heavy atom. The van der Waals surface area contributed by atoms with Crippen molar-refractivity contribution in [1.29, 1.82) is 0 Å². The van der Waals surface area contributed by atoms with Crippen molar-refractivity contribution >= 4 is 29.3 Å². The van der Waals surface area contributed by atoms with Crippen molar-refractivity contribution in [2.24, 2.45) is 0 Å². The van der Waals surface area contributed by atoms with Gasteiger partial charge in [0, 0.05) is 12.6 Å². The van der Waals surface area contributed by atoms with E-state index in [-0.39, 0.29) is 0 Å². The molecule has 23 heavy (non-hydrogen) atoms. The molecule has 2 rings (SSSR count). The fourth-order valence-electron chi connectivity index (χ4n) is 2.84. The van der Waals surface area contributed by atoms with E-state index in [1.165, 1.54) is 5.56 Å². The number of benzene rings is 1. The molecule has 0 spiro atoms. The van der Waals surface area contributed by atoms with Crippen LogP contribution in [0.4, 0.5) is 5.69 Å². The van der Waals surface area contributed by atoms with Crippen molar-refractivity contribution in [3.63, 3.8) is 0 Å². The van der Waals surface area contributed by atoms with Crippen LogP contribution >= 0.6 is 11.3 Å². The second-order valence-electron chi connectivity index (χ2n) is 5.51. The zero-order valence-corrected chi connectivity index (χ0v) is 15.5. The molecule has 0 saturated carbocycles. The number of methoxy groups -OCH3 is 1. The summed E-state index contributed by atoms with van der Waals surface area (Å²) < 4.78 is 6.59. The summed E-state index contributed by atoms with van der Waals surface area (Å²) in [6.07, 6.45) is 4.16. The Balaban J connectivity index is 2.76. The lowest BCUT2D eigenvalue weighted by atomic mass is 10.1. The first-order valence-corrected chi connectivity index (χ1v) is 8.39. The van der Waals surface area contributed by atoms with Crippen molar-refractivity contribution in [3.05, 3.63) is 50.3 Å². The third-order valence-electron chi connectivity index (χ3n) is 3.86. The summed E-state index contributed by atoms with van der Waals surface area (Å²) in [4.78, 5) is 6.67. The number of nitrogens with zero attached hydrogens (tertiary/aromatic N) is 2. The van der Waals surface area contributed by atoms with Crippen LogP contribution in [0.25, 0.3) is 12.3 Å². The molecule has 0 fully saturated rings. The second kappa shape index (κ2) is 7.01. The maximum atomic E-state index is 5.49. The number of aromatic nitrogens is 1. The number of hydrogen-bond acceptors (Lipinski definition) is 4. The maximum Gasteiger partial charge on any atom is 0.123 e. The maximum absolute atomic E-state index is 5.49. The average molecular weight is 328 g/mol. The molecule has 3 nitrogen and oxygen atoms in total. The Bertz CT molecular complexity index is 849. The second-order valence-corrected chi connectivity index (χ2v) is 6.71. The van der Waals surface area contributed by atoms with Crippen LogP contribution in [-0.4, -0.2) is 19.1 Å². The molecule has 0 N–H and O–H groups in total. The van der Waals surface area contributed by atoms with Gasteiger partial charge in [0.1, 0.15) is 5.75 Å². The van der Waals surface area contributed by atoms with Gasteiger partial charge in [-0.3, -0.25) is 0 Å². The molecule has 0 aliphatic carbocycles. The molecular weight excluding hydrogens is 304 g/mol. The SMILES string of the molecule is C=c1nc(C)s/c1=C(/C=C\C)N(C)c1c(C)ccc(OC)c1C. The summed E-state index contributed by atoms with van der Waals surface area (Å²) in [7, 11) is 3.79. The first-order chi connectivity index (χ1) is 10.9. The Hall–Kier alpha value is -2.07. The minimum atomic E-state index is 0.825. The molecule has 0 atom stereocenters. The molecule has 122 valence electrons. The molecule has 4 heteroatoms. The van der Waals surface area contributed by atoms with Crippen LogP contribution in [-0.2, 0) is 0 Å². The molecule has 1 aromatic carbocycles. The van der Waals surface area contributed by atoms with E-state index in [4.69, 9.17) is 4.74 Å². The molecule has 0 saturated heterocycles. The topological polar surface area (TPSA) is 25.4 Å². The van der Waals surface area contributed by atoms with Gasteiger partial charge in [-0.05, 0) is 45.4 Å². The fraction of sp³-hybridized carbons (Fsp3) is 0.316. The van der Waals surface area contributed by atoms with E-state index >= 15 is 0 Å². The lowest BCUT2D eigenvalue weighted by Crippen LogP contribution is -2.29. The van der Waals surface area contributed by atoms with Crippen molar-refractivity contribution in [3.8, 4) is 5.75 Å². The van der Waals surface area contributed by atoms with Gasteiger partial charge in [-0.2, -0.15) is 0 Å². The lowest BCUT2D eigenvalue weighted by Gasteiger charge is -2.25. The van der Waals surface area contributed by atoms with Crippen LogP contribution in [0.5, 0.6) is 5.75 Å². The van der Waals surface area contributed by atoms with E-state index in [1.54, 1.807) is 18.4 Å². The predicted molar refractivity (Wildman–Crippen MR) is 101 cm³/mol. The highest BCUT2D eigenvalue weighted by molar-refractivity contribution is 7.09. The Labute approximate surface area is 142 Å². The Kier molecular flexibility index (Phi) is 5.26. The molecule has 1 aromatic heterocycles. The Morgan fingerprint density at radius 1 is 1.30 bits per heavy atom. The van der Waals surface area contributed by atoms with E-state index in [2.05, 4.69) is 49.5 Å². The van der Waals surface area contributed by atoms with Gasteiger partial charge in [-0.1, -0.05) is 18.7 Å². The third-order valence-corrected chi connectivity index (χ3v) is 4.90. The van der Waals surface area contributed by atoms with Crippen LogP contribution in [0, 0.1) is 20.8 Å². The van der Waals surface area contributed by atoms with E-state index in [0.29, 0.717) is 0 Å². The van der Waals surface area contributed by atoms with Gasteiger partial charge in [0.05, 0.1) is 33.4 Å². The molecule has 2 aromatic rings. The first kappa shape index (κ1) is 17.3. The quantitative estimate of drug-likeness (QED) is 0.861. The van der Waals surface area contributed by atoms with Crippen LogP contribution in [0.3, 0.4) is 0 Å². The summed E-state index contributed by atoms with van der Waals surface area (Å²) in [6.45, 7) is 12.3. The normalized spacial score (nSPS) is 12.6. The summed E-state index contributed by atoms with van der Waals surface area (Å²) in [5.74, 6) is 0.896. The van der Waals surface area contributed by atoms with E-state index in [1.807, 2.05) is 26.0 Å². The third kappa shape index (κ3) is 3.32. The molecule has 0 unspecified atom stereocenters.